The van der Waals surface area contributed by atoms with Gasteiger partial charge in [0.25, 0.3) is 5.91 Å². The maximum atomic E-state index is 11.4. The van der Waals surface area contributed by atoms with E-state index < -0.39 is 27.8 Å². The molecular formula is C8H12N2O6S. The summed E-state index contributed by atoms with van der Waals surface area (Å²) in [6.07, 6.45) is -0.0719. The van der Waals surface area contributed by atoms with Gasteiger partial charge >= 0.3 is 5.97 Å². The number of sulfone groups is 1. The second kappa shape index (κ2) is 5.13. The van der Waals surface area contributed by atoms with Gasteiger partial charge in [-0.15, -0.1) is 0 Å². The Labute approximate surface area is 97.5 Å². The summed E-state index contributed by atoms with van der Waals surface area (Å²) in [5.41, 5.74) is -0.228. The van der Waals surface area contributed by atoms with Crippen molar-refractivity contribution in [3.63, 3.8) is 0 Å². The number of hydrogen-bond acceptors (Lipinski definition) is 6. The van der Waals surface area contributed by atoms with Crippen molar-refractivity contribution in [2.75, 3.05) is 18.6 Å². The molecule has 0 aromatic rings. The minimum atomic E-state index is -3.15. The second-order valence-corrected chi connectivity index (χ2v) is 5.82. The van der Waals surface area contributed by atoms with Crippen LogP contribution in [-0.4, -0.2) is 55.8 Å². The second-order valence-electron chi connectivity index (χ2n) is 3.56. The minimum absolute atomic E-state index is 0.0417. The number of carbonyl (C=O) groups excluding carboxylic acids is 1. The third-order valence-electron chi connectivity index (χ3n) is 1.98. The quantitative estimate of drug-likeness (QED) is 0.615. The molecule has 8 nitrogen and oxygen atoms in total. The summed E-state index contributed by atoms with van der Waals surface area (Å²) in [7, 11) is -3.15. The predicted octanol–water partition coefficient (Wildman–Crippen LogP) is -1.62. The van der Waals surface area contributed by atoms with Crippen molar-refractivity contribution in [3.05, 3.63) is 0 Å². The highest BCUT2D eigenvalue weighted by Gasteiger charge is 2.31. The van der Waals surface area contributed by atoms with E-state index in [2.05, 4.69) is 15.3 Å². The summed E-state index contributed by atoms with van der Waals surface area (Å²) in [6.45, 7) is -0.0417. The van der Waals surface area contributed by atoms with E-state index in [1.54, 1.807) is 0 Å². The average Bonchev–Trinajstić information content (AvgIpc) is 2.63. The molecule has 0 saturated heterocycles. The molecule has 1 atom stereocenters. The normalized spacial score (nSPS) is 19.4. The van der Waals surface area contributed by atoms with Gasteiger partial charge in [-0.05, 0) is 0 Å². The summed E-state index contributed by atoms with van der Waals surface area (Å²) in [5.74, 6) is -2.00. The number of nitrogens with one attached hydrogen (secondary N) is 1. The van der Waals surface area contributed by atoms with Gasteiger partial charge in [-0.1, -0.05) is 5.16 Å². The first-order valence-electron chi connectivity index (χ1n) is 4.71. The molecule has 0 aromatic carbocycles. The van der Waals surface area contributed by atoms with Crippen molar-refractivity contribution in [1.82, 2.24) is 5.32 Å². The lowest BCUT2D eigenvalue weighted by atomic mass is 10.2. The van der Waals surface area contributed by atoms with Gasteiger partial charge in [0, 0.05) is 19.2 Å². The van der Waals surface area contributed by atoms with Crippen molar-refractivity contribution in [2.24, 2.45) is 5.16 Å². The molecule has 0 spiro atoms. The van der Waals surface area contributed by atoms with E-state index in [4.69, 9.17) is 5.11 Å². The zero-order valence-corrected chi connectivity index (χ0v) is 9.86. The van der Waals surface area contributed by atoms with Gasteiger partial charge in [0.05, 0.1) is 5.75 Å². The zero-order chi connectivity index (χ0) is 13.1. The fourth-order valence-electron chi connectivity index (χ4n) is 1.12. The number of oxime groups is 1. The van der Waals surface area contributed by atoms with E-state index in [0.29, 0.717) is 0 Å². The molecule has 1 aliphatic rings. The Balaban J connectivity index is 2.35. The number of carbonyl (C=O) groups is 2. The maximum absolute atomic E-state index is 11.4. The summed E-state index contributed by atoms with van der Waals surface area (Å²) in [4.78, 5) is 26.5. The van der Waals surface area contributed by atoms with Gasteiger partial charge in [-0.2, -0.15) is 0 Å². The first-order valence-corrected chi connectivity index (χ1v) is 6.77. The van der Waals surface area contributed by atoms with Crippen molar-refractivity contribution < 1.29 is 28.0 Å². The van der Waals surface area contributed by atoms with Crippen LogP contribution in [-0.2, 0) is 24.3 Å². The van der Waals surface area contributed by atoms with Crippen molar-refractivity contribution in [1.29, 1.82) is 0 Å². The molecule has 0 radical (unpaired) electrons. The highest BCUT2D eigenvalue weighted by molar-refractivity contribution is 7.90. The molecule has 17 heavy (non-hydrogen) atoms. The fourth-order valence-corrected chi connectivity index (χ4v) is 1.59. The van der Waals surface area contributed by atoms with E-state index in [1.807, 2.05) is 0 Å². The molecule has 1 heterocycles. The molecule has 0 bridgehead atoms. The van der Waals surface area contributed by atoms with Crippen molar-refractivity contribution >= 4 is 27.4 Å². The Morgan fingerprint density at radius 1 is 1.59 bits per heavy atom. The molecule has 1 rings (SSSR count). The molecule has 1 amide bonds. The molecule has 0 saturated carbocycles. The van der Waals surface area contributed by atoms with E-state index >= 15 is 0 Å². The van der Waals surface area contributed by atoms with Crippen LogP contribution >= 0.6 is 0 Å². The molecule has 2 N–H and O–H groups in total. The van der Waals surface area contributed by atoms with E-state index in [0.717, 1.165) is 6.26 Å². The van der Waals surface area contributed by atoms with E-state index in [9.17, 15) is 18.0 Å². The van der Waals surface area contributed by atoms with Crippen LogP contribution in [0.2, 0.25) is 0 Å². The Hall–Kier alpha value is -1.64. The van der Waals surface area contributed by atoms with Crippen LogP contribution in [0.5, 0.6) is 0 Å². The summed E-state index contributed by atoms with van der Waals surface area (Å²) in [6, 6.07) is 0. The molecule has 0 aromatic heterocycles. The topological polar surface area (TPSA) is 122 Å². The molecule has 1 aliphatic heterocycles. The molecule has 1 unspecified atom stereocenters. The van der Waals surface area contributed by atoms with Crippen LogP contribution in [0.1, 0.15) is 6.42 Å². The lowest BCUT2D eigenvalue weighted by Gasteiger charge is -2.08. The van der Waals surface area contributed by atoms with Crippen LogP contribution in [0.4, 0.5) is 0 Å². The maximum Gasteiger partial charge on any atom is 0.353 e. The Bertz CT molecular complexity index is 455. The number of hydrogen-bond donors (Lipinski definition) is 2. The highest BCUT2D eigenvalue weighted by Crippen LogP contribution is 2.10. The van der Waals surface area contributed by atoms with Gasteiger partial charge in [0.15, 0.2) is 5.71 Å². The molecular weight excluding hydrogens is 252 g/mol. The van der Waals surface area contributed by atoms with Crippen LogP contribution < -0.4 is 5.32 Å². The first kappa shape index (κ1) is 13.4. The standard InChI is InChI=1S/C8H12N2O6S/c1-17(14,15)3-2-9-7(11)6-4-5(8(12)13)10-16-6/h6H,2-4H2,1H3,(H,9,11)(H,12,13). The number of rotatable bonds is 5. The monoisotopic (exact) mass is 264 g/mol. The van der Waals surface area contributed by atoms with Crippen LogP contribution in [0, 0.1) is 0 Å². The van der Waals surface area contributed by atoms with E-state index in [-0.39, 0.29) is 24.4 Å². The van der Waals surface area contributed by atoms with Crippen LogP contribution in [0.25, 0.3) is 0 Å². The van der Waals surface area contributed by atoms with Crippen LogP contribution in [0.3, 0.4) is 0 Å². The molecule has 96 valence electrons. The van der Waals surface area contributed by atoms with E-state index in [1.165, 1.54) is 0 Å². The SMILES string of the molecule is CS(=O)(=O)CCNC(=O)C1CC(C(=O)O)=NO1. The zero-order valence-electron chi connectivity index (χ0n) is 9.04. The molecule has 0 fully saturated rings. The number of nitrogens with zero attached hydrogens (tertiary/aromatic N) is 1. The lowest BCUT2D eigenvalue weighted by molar-refractivity contribution is -0.131. The van der Waals surface area contributed by atoms with Gasteiger partial charge in [0.2, 0.25) is 6.10 Å². The van der Waals surface area contributed by atoms with Gasteiger partial charge in [-0.3, -0.25) is 4.79 Å². The number of aliphatic carboxylic acids is 1. The average molecular weight is 264 g/mol. The third-order valence-corrected chi connectivity index (χ3v) is 2.93. The van der Waals surface area contributed by atoms with Crippen molar-refractivity contribution in [3.8, 4) is 0 Å². The summed E-state index contributed by atoms with van der Waals surface area (Å²) >= 11 is 0. The number of carboxylic acid groups (broad SMARTS) is 1. The predicted molar refractivity (Wildman–Crippen MR) is 57.3 cm³/mol. The summed E-state index contributed by atoms with van der Waals surface area (Å²) < 4.78 is 21.6. The Morgan fingerprint density at radius 2 is 2.24 bits per heavy atom. The molecule has 0 aliphatic carbocycles. The smallest absolute Gasteiger partial charge is 0.353 e. The Morgan fingerprint density at radius 3 is 2.71 bits per heavy atom. The largest absolute Gasteiger partial charge is 0.477 e. The molecule has 9 heteroatoms. The van der Waals surface area contributed by atoms with Gasteiger partial charge in [-0.25, -0.2) is 13.2 Å². The number of carboxylic acids is 1. The van der Waals surface area contributed by atoms with Crippen LogP contribution in [0.15, 0.2) is 5.16 Å². The fraction of sp³-hybridized carbons (Fsp3) is 0.625. The highest BCUT2D eigenvalue weighted by atomic mass is 32.2. The van der Waals surface area contributed by atoms with Gasteiger partial charge < -0.3 is 15.3 Å². The van der Waals surface area contributed by atoms with Gasteiger partial charge in [0.1, 0.15) is 9.84 Å². The summed E-state index contributed by atoms with van der Waals surface area (Å²) in [5, 5.41) is 14.1. The van der Waals surface area contributed by atoms with Crippen molar-refractivity contribution in [2.45, 2.75) is 12.5 Å². The first-order chi connectivity index (χ1) is 7.79. The minimum Gasteiger partial charge on any atom is -0.477 e. The third kappa shape index (κ3) is 4.39. The number of amides is 1. The Kier molecular flexibility index (Phi) is 4.05. The lowest BCUT2D eigenvalue weighted by Crippen LogP contribution is -2.37.